The number of nitrogens with zero attached hydrogens (tertiary/aromatic N) is 5. The van der Waals surface area contributed by atoms with Crippen molar-refractivity contribution >= 4 is 17.5 Å². The second-order valence-electron chi connectivity index (χ2n) is 9.36. The molecule has 9 heteroatoms. The standard InChI is InChI=1S/C27H32FN5O3/c1-18(2)31-12-5-13-33(20(4)34)25-16-24(28)11-10-23(25)17-32(15-14-31)27(35)22-8-6-21(7-9-22)26-30-29-19(3)36-26/h6-11,16,18H,5,12-15,17H2,1-4H3. The van der Waals surface area contributed by atoms with E-state index in [1.54, 1.807) is 47.1 Å². The van der Waals surface area contributed by atoms with Gasteiger partial charge in [-0.25, -0.2) is 4.39 Å². The molecule has 2 aromatic carbocycles. The van der Waals surface area contributed by atoms with Crippen molar-refractivity contribution in [2.24, 2.45) is 0 Å². The zero-order valence-electron chi connectivity index (χ0n) is 21.2. The second kappa shape index (κ2) is 11.0. The minimum Gasteiger partial charge on any atom is -0.421 e. The molecule has 2 heterocycles. The maximum Gasteiger partial charge on any atom is 0.254 e. The fourth-order valence-corrected chi connectivity index (χ4v) is 4.49. The molecule has 0 N–H and O–H groups in total. The number of carbonyl (C=O) groups is 2. The lowest BCUT2D eigenvalue weighted by atomic mass is 10.1. The fourth-order valence-electron chi connectivity index (χ4n) is 4.49. The molecular weight excluding hydrogens is 461 g/mol. The van der Waals surface area contributed by atoms with Gasteiger partial charge in [0, 0.05) is 63.7 Å². The summed E-state index contributed by atoms with van der Waals surface area (Å²) < 4.78 is 19.7. The normalized spacial score (nSPS) is 15.5. The number of aryl methyl sites for hydroxylation is 1. The lowest BCUT2D eigenvalue weighted by Gasteiger charge is -2.30. The third-order valence-corrected chi connectivity index (χ3v) is 6.49. The number of carbonyl (C=O) groups excluding carboxylic acids is 2. The number of amides is 2. The topological polar surface area (TPSA) is 82.8 Å². The first-order valence-corrected chi connectivity index (χ1v) is 12.2. The monoisotopic (exact) mass is 493 g/mol. The van der Waals surface area contributed by atoms with Crippen LogP contribution in [0, 0.1) is 12.7 Å². The molecule has 0 saturated carbocycles. The Bertz CT molecular complexity index is 1220. The second-order valence-corrected chi connectivity index (χ2v) is 9.36. The highest BCUT2D eigenvalue weighted by molar-refractivity contribution is 5.95. The Labute approximate surface area is 210 Å². The van der Waals surface area contributed by atoms with Gasteiger partial charge in [-0.2, -0.15) is 0 Å². The first kappa shape index (κ1) is 25.5. The predicted molar refractivity (Wildman–Crippen MR) is 135 cm³/mol. The summed E-state index contributed by atoms with van der Waals surface area (Å²) in [5.41, 5.74) is 2.50. The first-order valence-electron chi connectivity index (χ1n) is 12.2. The summed E-state index contributed by atoms with van der Waals surface area (Å²) in [6.07, 6.45) is 0.748. The highest BCUT2D eigenvalue weighted by atomic mass is 19.1. The average molecular weight is 494 g/mol. The van der Waals surface area contributed by atoms with E-state index in [1.165, 1.54) is 19.1 Å². The van der Waals surface area contributed by atoms with Gasteiger partial charge in [-0.05, 0) is 62.2 Å². The van der Waals surface area contributed by atoms with Crippen LogP contribution in [0.1, 0.15) is 49.0 Å². The molecule has 8 nitrogen and oxygen atoms in total. The summed E-state index contributed by atoms with van der Waals surface area (Å²) in [7, 11) is 0. The van der Waals surface area contributed by atoms with E-state index >= 15 is 0 Å². The van der Waals surface area contributed by atoms with Gasteiger partial charge in [0.25, 0.3) is 5.91 Å². The van der Waals surface area contributed by atoms with Crippen LogP contribution in [0.4, 0.5) is 10.1 Å². The summed E-state index contributed by atoms with van der Waals surface area (Å²) in [6.45, 7) is 10.2. The molecule has 0 unspecified atom stereocenters. The number of halogens is 1. The minimum absolute atomic E-state index is 0.143. The van der Waals surface area contributed by atoms with Crippen LogP contribution in [-0.4, -0.2) is 64.0 Å². The van der Waals surface area contributed by atoms with Crippen molar-refractivity contribution in [2.45, 2.75) is 46.7 Å². The van der Waals surface area contributed by atoms with Gasteiger partial charge in [0.1, 0.15) is 5.82 Å². The molecule has 0 saturated heterocycles. The number of anilines is 1. The molecule has 0 atom stereocenters. The van der Waals surface area contributed by atoms with Gasteiger partial charge in [0.2, 0.25) is 17.7 Å². The molecule has 36 heavy (non-hydrogen) atoms. The molecule has 1 aliphatic heterocycles. The van der Waals surface area contributed by atoms with Gasteiger partial charge in [-0.15, -0.1) is 10.2 Å². The number of fused-ring (bicyclic) bond motifs is 1. The van der Waals surface area contributed by atoms with Gasteiger partial charge in [-0.3, -0.25) is 14.5 Å². The van der Waals surface area contributed by atoms with Gasteiger partial charge in [-0.1, -0.05) is 6.07 Å². The lowest BCUT2D eigenvalue weighted by molar-refractivity contribution is -0.116. The maximum atomic E-state index is 14.3. The van der Waals surface area contributed by atoms with E-state index in [4.69, 9.17) is 4.42 Å². The Morgan fingerprint density at radius 2 is 1.75 bits per heavy atom. The van der Waals surface area contributed by atoms with E-state index in [9.17, 15) is 14.0 Å². The first-order chi connectivity index (χ1) is 17.2. The van der Waals surface area contributed by atoms with Gasteiger partial charge < -0.3 is 14.2 Å². The molecule has 0 radical (unpaired) electrons. The highest BCUT2D eigenvalue weighted by Gasteiger charge is 2.24. The highest BCUT2D eigenvalue weighted by Crippen LogP contribution is 2.26. The Hall–Kier alpha value is -3.59. The summed E-state index contributed by atoms with van der Waals surface area (Å²) in [5.74, 6) is 0.161. The van der Waals surface area contributed by atoms with Crippen LogP contribution in [0.3, 0.4) is 0 Å². The van der Waals surface area contributed by atoms with Crippen LogP contribution in [0.15, 0.2) is 46.9 Å². The zero-order valence-corrected chi connectivity index (χ0v) is 21.2. The van der Waals surface area contributed by atoms with Crippen molar-refractivity contribution in [3.8, 4) is 11.5 Å². The van der Waals surface area contributed by atoms with Crippen molar-refractivity contribution < 1.29 is 18.4 Å². The number of rotatable bonds is 3. The van der Waals surface area contributed by atoms with E-state index < -0.39 is 5.82 Å². The Balaban J connectivity index is 1.67. The van der Waals surface area contributed by atoms with Crippen LogP contribution < -0.4 is 4.90 Å². The molecule has 190 valence electrons. The molecule has 0 bridgehead atoms. The molecular formula is C27H32FN5O3. The van der Waals surface area contributed by atoms with E-state index in [-0.39, 0.29) is 24.4 Å². The quantitative estimate of drug-likeness (QED) is 0.541. The molecule has 0 spiro atoms. The largest absolute Gasteiger partial charge is 0.421 e. The summed E-state index contributed by atoms with van der Waals surface area (Å²) in [4.78, 5) is 31.9. The predicted octanol–water partition coefficient (Wildman–Crippen LogP) is 4.29. The Kier molecular flexibility index (Phi) is 7.79. The van der Waals surface area contributed by atoms with E-state index in [0.29, 0.717) is 42.7 Å². The van der Waals surface area contributed by atoms with E-state index in [0.717, 1.165) is 24.1 Å². The van der Waals surface area contributed by atoms with Crippen molar-refractivity contribution in [1.29, 1.82) is 0 Å². The van der Waals surface area contributed by atoms with Crippen LogP contribution in [-0.2, 0) is 11.3 Å². The number of hydrogen-bond donors (Lipinski definition) is 0. The summed E-state index contributed by atoms with van der Waals surface area (Å²) in [5, 5.41) is 7.88. The maximum absolute atomic E-state index is 14.3. The molecule has 0 aliphatic carbocycles. The molecule has 2 amide bonds. The lowest BCUT2D eigenvalue weighted by Crippen LogP contribution is -2.41. The van der Waals surface area contributed by atoms with Gasteiger partial charge in [0.15, 0.2) is 0 Å². The average Bonchev–Trinajstić information content (AvgIpc) is 3.27. The van der Waals surface area contributed by atoms with E-state index in [2.05, 4.69) is 28.9 Å². The van der Waals surface area contributed by atoms with Crippen LogP contribution in [0.2, 0.25) is 0 Å². The van der Waals surface area contributed by atoms with Crippen molar-refractivity contribution in [3.63, 3.8) is 0 Å². The SMILES string of the molecule is CC(=O)N1CCCN(C(C)C)CCN(C(=O)c2ccc(-c3nnc(C)o3)cc2)Cc2ccc(F)cc21. The molecule has 3 aromatic rings. The molecule has 1 aromatic heterocycles. The molecule has 0 fully saturated rings. The van der Waals surface area contributed by atoms with Crippen molar-refractivity contribution in [2.75, 3.05) is 31.1 Å². The van der Waals surface area contributed by atoms with Crippen LogP contribution in [0.5, 0.6) is 0 Å². The third kappa shape index (κ3) is 5.79. The summed E-state index contributed by atoms with van der Waals surface area (Å²) >= 11 is 0. The van der Waals surface area contributed by atoms with Crippen LogP contribution in [0.25, 0.3) is 11.5 Å². The number of hydrogen-bond acceptors (Lipinski definition) is 6. The zero-order chi connectivity index (χ0) is 25.8. The van der Waals surface area contributed by atoms with Crippen molar-refractivity contribution in [1.82, 2.24) is 20.0 Å². The van der Waals surface area contributed by atoms with Gasteiger partial charge >= 0.3 is 0 Å². The Morgan fingerprint density at radius 3 is 2.39 bits per heavy atom. The number of benzene rings is 2. The van der Waals surface area contributed by atoms with E-state index in [1.807, 2.05) is 0 Å². The fraction of sp³-hybridized carbons (Fsp3) is 0.407. The Morgan fingerprint density at radius 1 is 1.00 bits per heavy atom. The molecule has 4 rings (SSSR count). The smallest absolute Gasteiger partial charge is 0.254 e. The van der Waals surface area contributed by atoms with Gasteiger partial charge in [0.05, 0.1) is 5.69 Å². The summed E-state index contributed by atoms with van der Waals surface area (Å²) in [6, 6.07) is 11.8. The number of aromatic nitrogens is 2. The van der Waals surface area contributed by atoms with Crippen LogP contribution >= 0.6 is 0 Å². The third-order valence-electron chi connectivity index (χ3n) is 6.49. The van der Waals surface area contributed by atoms with Crippen molar-refractivity contribution in [3.05, 3.63) is 65.3 Å². The minimum atomic E-state index is -0.414. The molecule has 1 aliphatic rings.